The minimum atomic E-state index is 0.191. The van der Waals surface area contributed by atoms with Gasteiger partial charge in [0, 0.05) is 50.3 Å². The number of hydrogen-bond donors (Lipinski definition) is 2. The number of aliphatic hydroxyl groups excluding tert-OH is 1. The molecule has 0 amide bonds. The van der Waals surface area contributed by atoms with Crippen LogP contribution in [0.5, 0.6) is 0 Å². The molecule has 1 aliphatic rings. The van der Waals surface area contributed by atoms with Gasteiger partial charge in [-0.15, -0.1) is 0 Å². The highest BCUT2D eigenvalue weighted by molar-refractivity contribution is 5.92. The van der Waals surface area contributed by atoms with Crippen molar-refractivity contribution in [1.82, 2.24) is 9.80 Å². The molecule has 0 saturated carbocycles. The number of allylic oxidation sites excluding steroid dienone is 4. The zero-order chi connectivity index (χ0) is 29.6. The van der Waals surface area contributed by atoms with E-state index in [9.17, 15) is 5.11 Å². The van der Waals surface area contributed by atoms with Gasteiger partial charge in [0.1, 0.15) is 5.84 Å². The summed E-state index contributed by atoms with van der Waals surface area (Å²) in [5, 5.41) is 9.45. The fraction of sp³-hybridized carbons (Fsp3) is 0.457. The molecule has 3 N–H and O–H groups in total. The Balaban J connectivity index is 1.80. The molecule has 0 aromatic heterocycles. The van der Waals surface area contributed by atoms with Crippen molar-refractivity contribution in [3.05, 3.63) is 82.8 Å². The van der Waals surface area contributed by atoms with Crippen molar-refractivity contribution < 1.29 is 9.84 Å². The van der Waals surface area contributed by atoms with Gasteiger partial charge in [-0.1, -0.05) is 56.3 Å². The first-order chi connectivity index (χ1) is 19.9. The Kier molecular flexibility index (Phi) is 13.2. The van der Waals surface area contributed by atoms with E-state index < -0.39 is 0 Å². The van der Waals surface area contributed by atoms with E-state index in [1.54, 1.807) is 0 Å². The van der Waals surface area contributed by atoms with E-state index >= 15 is 0 Å². The van der Waals surface area contributed by atoms with Gasteiger partial charge >= 0.3 is 0 Å². The summed E-state index contributed by atoms with van der Waals surface area (Å²) in [5.74, 6) is 1.63. The van der Waals surface area contributed by atoms with Crippen LogP contribution in [0.3, 0.4) is 0 Å². The molecule has 0 spiro atoms. The van der Waals surface area contributed by atoms with E-state index in [1.807, 2.05) is 6.92 Å². The van der Waals surface area contributed by atoms with Gasteiger partial charge in [-0.2, -0.15) is 0 Å². The van der Waals surface area contributed by atoms with Crippen molar-refractivity contribution in [2.24, 2.45) is 10.7 Å². The average Bonchev–Trinajstić information content (AvgIpc) is 3.13. The summed E-state index contributed by atoms with van der Waals surface area (Å²) in [4.78, 5) is 9.39. The Hall–Kier alpha value is -3.35. The van der Waals surface area contributed by atoms with Gasteiger partial charge in [-0.25, -0.2) is 4.99 Å². The molecule has 222 valence electrons. The molecule has 0 fully saturated rings. The molecule has 0 saturated heterocycles. The highest BCUT2D eigenvalue weighted by Crippen LogP contribution is 2.34. The first-order valence-electron chi connectivity index (χ1n) is 15.1. The van der Waals surface area contributed by atoms with Crippen molar-refractivity contribution in [3.8, 4) is 11.1 Å². The third-order valence-electron chi connectivity index (χ3n) is 7.17. The first kappa shape index (κ1) is 32.2. The maximum Gasteiger partial charge on any atom is 0.104 e. The Bertz CT molecular complexity index is 1230. The zero-order valence-electron chi connectivity index (χ0n) is 25.8. The van der Waals surface area contributed by atoms with Crippen molar-refractivity contribution in [1.29, 1.82) is 0 Å². The summed E-state index contributed by atoms with van der Waals surface area (Å²) >= 11 is 0. The third-order valence-corrected chi connectivity index (χ3v) is 7.17. The third kappa shape index (κ3) is 9.91. The summed E-state index contributed by atoms with van der Waals surface area (Å²) in [5.41, 5.74) is 14.3. The van der Waals surface area contributed by atoms with Crippen LogP contribution in [0.15, 0.2) is 76.6 Å². The first-order valence-corrected chi connectivity index (χ1v) is 15.1. The number of amidine groups is 1. The molecule has 3 rings (SSSR count). The molecule has 1 heterocycles. The van der Waals surface area contributed by atoms with Crippen LogP contribution in [0.25, 0.3) is 17.2 Å². The molecule has 1 aliphatic heterocycles. The lowest BCUT2D eigenvalue weighted by Crippen LogP contribution is -2.28. The smallest absolute Gasteiger partial charge is 0.104 e. The van der Waals surface area contributed by atoms with Crippen LogP contribution >= 0.6 is 0 Å². The van der Waals surface area contributed by atoms with E-state index in [4.69, 9.17) is 15.5 Å². The van der Waals surface area contributed by atoms with Gasteiger partial charge in [0.2, 0.25) is 0 Å². The highest BCUT2D eigenvalue weighted by atomic mass is 16.5. The maximum atomic E-state index is 9.45. The van der Waals surface area contributed by atoms with E-state index in [0.29, 0.717) is 12.3 Å². The lowest BCUT2D eigenvalue weighted by atomic mass is 9.98. The number of nitrogens with two attached hydrogens (primary N) is 1. The molecule has 0 atom stereocenters. The highest BCUT2D eigenvalue weighted by Gasteiger charge is 2.18. The molecule has 0 aliphatic carbocycles. The molecule has 6 nitrogen and oxygen atoms in total. The molecule has 2 aromatic rings. The lowest BCUT2D eigenvalue weighted by Gasteiger charge is -2.29. The van der Waals surface area contributed by atoms with E-state index in [0.717, 1.165) is 86.5 Å². The van der Waals surface area contributed by atoms with Gasteiger partial charge in [0.25, 0.3) is 0 Å². The minimum absolute atomic E-state index is 0.191. The van der Waals surface area contributed by atoms with Crippen LogP contribution in [0, 0.1) is 0 Å². The average molecular weight is 559 g/mol. The fourth-order valence-electron chi connectivity index (χ4n) is 5.11. The van der Waals surface area contributed by atoms with Gasteiger partial charge in [-0.3, -0.25) is 0 Å². The summed E-state index contributed by atoms with van der Waals surface area (Å²) in [7, 11) is 4.17. The molecule has 0 radical (unpaired) electrons. The Morgan fingerprint density at radius 3 is 2.44 bits per heavy atom. The minimum Gasteiger partial charge on any atom is -0.498 e. The normalized spacial score (nSPS) is 13.9. The predicted octanol–water partition coefficient (Wildman–Crippen LogP) is 6.93. The van der Waals surface area contributed by atoms with Crippen molar-refractivity contribution >= 4 is 17.6 Å². The second-order valence-corrected chi connectivity index (χ2v) is 10.9. The molecule has 41 heavy (non-hydrogen) atoms. The van der Waals surface area contributed by atoms with E-state index in [2.05, 4.69) is 98.4 Å². The fourth-order valence-corrected chi connectivity index (χ4v) is 5.11. The number of aliphatic imine (C=N–C) groups is 1. The number of aliphatic hydroxyl groups is 1. The van der Waals surface area contributed by atoms with Crippen molar-refractivity contribution in [2.75, 3.05) is 46.9 Å². The topological polar surface area (TPSA) is 74.3 Å². The quantitative estimate of drug-likeness (QED) is 0.173. The number of benzene rings is 2. The summed E-state index contributed by atoms with van der Waals surface area (Å²) in [6.07, 6.45) is 11.7. The van der Waals surface area contributed by atoms with Crippen molar-refractivity contribution in [2.45, 2.75) is 59.3 Å². The summed E-state index contributed by atoms with van der Waals surface area (Å²) in [6.45, 7) is 10.1. The van der Waals surface area contributed by atoms with Crippen LogP contribution in [0.4, 0.5) is 5.69 Å². The molecule has 2 aromatic carbocycles. The number of fused-ring (bicyclic) bond motifs is 1. The van der Waals surface area contributed by atoms with E-state index in [-0.39, 0.29) is 6.61 Å². The second-order valence-electron chi connectivity index (χ2n) is 10.9. The Labute approximate surface area is 247 Å². The van der Waals surface area contributed by atoms with E-state index in [1.165, 1.54) is 16.8 Å². The number of ether oxygens (including phenoxy) is 1. The maximum absolute atomic E-state index is 9.45. The van der Waals surface area contributed by atoms with Crippen molar-refractivity contribution in [3.63, 3.8) is 0 Å². The van der Waals surface area contributed by atoms with Crippen LogP contribution in [-0.2, 0) is 11.2 Å². The van der Waals surface area contributed by atoms with Gasteiger partial charge in [0.05, 0.1) is 18.1 Å². The number of hydrogen-bond acceptors (Lipinski definition) is 6. The molecule has 0 unspecified atom stereocenters. The summed E-state index contributed by atoms with van der Waals surface area (Å²) < 4.78 is 6.02. The standard InChI is InChI=1S/C35H50N4O2/c1-6-11-34(39(18-7-2)20-9-21-40)31-24-30-17-16-29(25-33(30)37-35(36)26-31)28-14-12-27(13-15-28)23-32(8-3)41-22-10-19-38(4)5/h8,11-17,24-25,40H,6-7,9-10,18-23,26H2,1-5H3,(H2,36,37)/b32-8+,34-11-. The molecule has 6 heteroatoms. The Morgan fingerprint density at radius 1 is 1.02 bits per heavy atom. The number of nitrogens with zero attached hydrogens (tertiary/aromatic N) is 3. The zero-order valence-corrected chi connectivity index (χ0v) is 25.8. The second kappa shape index (κ2) is 16.8. The molecular weight excluding hydrogens is 508 g/mol. The summed E-state index contributed by atoms with van der Waals surface area (Å²) in [6, 6.07) is 15.2. The monoisotopic (exact) mass is 558 g/mol. The van der Waals surface area contributed by atoms with Crippen LogP contribution in [0.2, 0.25) is 0 Å². The lowest BCUT2D eigenvalue weighted by molar-refractivity contribution is 0.191. The SMILES string of the molecule is C/C=C(\Cc1ccc(-c2ccc3c(c2)N=C(N)CC(/C(=C/CC)N(CCC)CCCO)=C3)cc1)OCCCN(C)C. The largest absolute Gasteiger partial charge is 0.498 e. The van der Waals surface area contributed by atoms with Gasteiger partial charge in [0.15, 0.2) is 0 Å². The van der Waals surface area contributed by atoms with Gasteiger partial charge in [-0.05, 0) is 87.2 Å². The number of rotatable bonds is 16. The molecular formula is C35H50N4O2. The predicted molar refractivity (Wildman–Crippen MR) is 174 cm³/mol. The van der Waals surface area contributed by atoms with Crippen LogP contribution in [-0.4, -0.2) is 67.7 Å². The molecule has 0 bridgehead atoms. The van der Waals surface area contributed by atoms with Crippen LogP contribution in [0.1, 0.15) is 64.0 Å². The van der Waals surface area contributed by atoms with Gasteiger partial charge < -0.3 is 25.4 Å². The Morgan fingerprint density at radius 2 is 1.78 bits per heavy atom. The van der Waals surface area contributed by atoms with Crippen LogP contribution < -0.4 is 5.73 Å².